The fraction of sp³-hybridized carbons (Fsp3) is 0.0513. The highest BCUT2D eigenvalue weighted by molar-refractivity contribution is 6.08. The third kappa shape index (κ3) is 4.29. The zero-order valence-electron chi connectivity index (χ0n) is 24.4. The molecule has 0 N–H and O–H groups in total. The van der Waals surface area contributed by atoms with Gasteiger partial charge in [0.25, 0.3) is 0 Å². The number of hydrogen-bond acceptors (Lipinski definition) is 3. The molecule has 210 valence electrons. The predicted molar refractivity (Wildman–Crippen MR) is 181 cm³/mol. The molecule has 0 saturated carbocycles. The highest BCUT2D eigenvalue weighted by atomic mass is 16.1. The molecule has 0 aliphatic carbocycles. The molecule has 0 fully saturated rings. The van der Waals surface area contributed by atoms with Crippen LogP contribution in [-0.4, -0.2) is 19.1 Å². The first-order chi connectivity index (χ1) is 21.5. The molecule has 0 amide bonds. The summed E-state index contributed by atoms with van der Waals surface area (Å²) < 4.78 is 3.37. The Labute approximate surface area is 254 Å². The summed E-state index contributed by atoms with van der Waals surface area (Å²) in [5.74, 6) is 0.691. The maximum Gasteiger partial charge on any atom is 0.328 e. The average molecular weight is 569 g/mol. The van der Waals surface area contributed by atoms with E-state index in [1.807, 2.05) is 43.4 Å². The van der Waals surface area contributed by atoms with Crippen LogP contribution in [0.15, 0.2) is 138 Å². The van der Waals surface area contributed by atoms with Crippen molar-refractivity contribution in [2.45, 2.75) is 0 Å². The highest BCUT2D eigenvalue weighted by Gasteiger charge is 2.13. The van der Waals surface area contributed by atoms with Crippen molar-refractivity contribution in [2.75, 3.05) is 0 Å². The molecule has 2 heterocycles. The molecule has 8 rings (SSSR count). The van der Waals surface area contributed by atoms with Gasteiger partial charge in [0.2, 0.25) is 0 Å². The van der Waals surface area contributed by atoms with Crippen molar-refractivity contribution < 1.29 is 0 Å². The molecule has 0 spiro atoms. The molecule has 0 atom stereocenters. The lowest BCUT2D eigenvalue weighted by Crippen LogP contribution is -2.19. The fourth-order valence-corrected chi connectivity index (χ4v) is 6.15. The molecule has 0 aliphatic rings. The second kappa shape index (κ2) is 10.2. The van der Waals surface area contributed by atoms with Gasteiger partial charge in [-0.1, -0.05) is 109 Å². The summed E-state index contributed by atoms with van der Waals surface area (Å²) in [6.45, 7) is 0. The minimum atomic E-state index is -0.0268. The van der Waals surface area contributed by atoms with Crippen molar-refractivity contribution in [3.63, 3.8) is 0 Å². The van der Waals surface area contributed by atoms with E-state index in [0.29, 0.717) is 5.82 Å². The van der Waals surface area contributed by atoms with Crippen LogP contribution in [-0.2, 0) is 14.1 Å². The van der Waals surface area contributed by atoms with E-state index in [0.717, 1.165) is 50.2 Å². The molecule has 2 aromatic heterocycles. The van der Waals surface area contributed by atoms with Gasteiger partial charge in [-0.25, -0.2) is 14.8 Å². The number of imidazole rings is 1. The van der Waals surface area contributed by atoms with E-state index >= 15 is 0 Å². The minimum Gasteiger partial charge on any atom is -0.295 e. The van der Waals surface area contributed by atoms with Gasteiger partial charge >= 0.3 is 5.69 Å². The van der Waals surface area contributed by atoms with Gasteiger partial charge in [0.1, 0.15) is 0 Å². The lowest BCUT2D eigenvalue weighted by Gasteiger charge is -2.11. The Balaban J connectivity index is 1.22. The van der Waals surface area contributed by atoms with Crippen molar-refractivity contribution >= 4 is 32.6 Å². The van der Waals surface area contributed by atoms with Gasteiger partial charge in [-0.2, -0.15) is 0 Å². The summed E-state index contributed by atoms with van der Waals surface area (Å²) in [5, 5.41) is 4.90. The van der Waals surface area contributed by atoms with Crippen LogP contribution < -0.4 is 5.69 Å². The molecule has 0 aliphatic heterocycles. The van der Waals surface area contributed by atoms with Crippen LogP contribution in [0.3, 0.4) is 0 Å². The Hall–Kier alpha value is -5.81. The van der Waals surface area contributed by atoms with Crippen LogP contribution in [0, 0.1) is 0 Å². The van der Waals surface area contributed by atoms with Crippen LogP contribution in [0.1, 0.15) is 0 Å². The summed E-state index contributed by atoms with van der Waals surface area (Å²) in [5.41, 5.74) is 8.71. The van der Waals surface area contributed by atoms with Crippen LogP contribution in [0.2, 0.25) is 0 Å². The molecule has 0 saturated heterocycles. The van der Waals surface area contributed by atoms with Gasteiger partial charge in [0.15, 0.2) is 5.82 Å². The zero-order chi connectivity index (χ0) is 29.8. The molecule has 0 radical (unpaired) electrons. The van der Waals surface area contributed by atoms with Crippen molar-refractivity contribution in [3.05, 3.63) is 144 Å². The van der Waals surface area contributed by atoms with Crippen LogP contribution in [0.5, 0.6) is 0 Å². The SMILES string of the molecule is Cn1c(=O)n(C)c2cc(-c3ccc(-c4cc(-c5ccc6c(ccc7ccccc76)c5)nc(-c5ccccc5)n4)cc3)ccc21. The van der Waals surface area contributed by atoms with Crippen LogP contribution in [0.4, 0.5) is 0 Å². The van der Waals surface area contributed by atoms with Gasteiger partial charge in [0.05, 0.1) is 22.4 Å². The van der Waals surface area contributed by atoms with Crippen molar-refractivity contribution in [1.82, 2.24) is 19.1 Å². The number of rotatable bonds is 4. The zero-order valence-corrected chi connectivity index (χ0v) is 24.4. The molecule has 6 aromatic carbocycles. The monoisotopic (exact) mass is 568 g/mol. The van der Waals surface area contributed by atoms with E-state index in [1.165, 1.54) is 21.5 Å². The molecule has 5 heteroatoms. The third-order valence-corrected chi connectivity index (χ3v) is 8.58. The first-order valence-electron chi connectivity index (χ1n) is 14.7. The topological polar surface area (TPSA) is 52.7 Å². The number of hydrogen-bond donors (Lipinski definition) is 0. The summed E-state index contributed by atoms with van der Waals surface area (Å²) in [4.78, 5) is 22.5. The fourth-order valence-electron chi connectivity index (χ4n) is 6.15. The van der Waals surface area contributed by atoms with Crippen molar-refractivity contribution in [1.29, 1.82) is 0 Å². The molecule has 0 unspecified atom stereocenters. The van der Waals surface area contributed by atoms with Gasteiger partial charge in [-0.15, -0.1) is 0 Å². The summed E-state index contributed by atoms with van der Waals surface area (Å²) >= 11 is 0. The Morgan fingerprint density at radius 1 is 0.455 bits per heavy atom. The van der Waals surface area contributed by atoms with Crippen molar-refractivity contribution in [2.24, 2.45) is 14.1 Å². The number of aryl methyl sites for hydroxylation is 2. The lowest BCUT2D eigenvalue weighted by molar-refractivity contribution is 0.795. The van der Waals surface area contributed by atoms with Crippen LogP contribution >= 0.6 is 0 Å². The Kier molecular flexibility index (Phi) is 5.98. The Morgan fingerprint density at radius 3 is 1.89 bits per heavy atom. The quantitative estimate of drug-likeness (QED) is 0.200. The largest absolute Gasteiger partial charge is 0.328 e. The third-order valence-electron chi connectivity index (χ3n) is 8.58. The van der Waals surface area contributed by atoms with Crippen molar-refractivity contribution in [3.8, 4) is 45.0 Å². The smallest absolute Gasteiger partial charge is 0.295 e. The first kappa shape index (κ1) is 25.9. The molecule has 0 bridgehead atoms. The molecule has 8 aromatic rings. The number of benzene rings is 6. The molecule has 44 heavy (non-hydrogen) atoms. The molecular formula is C39H28N4O. The normalized spacial score (nSPS) is 11.5. The summed E-state index contributed by atoms with van der Waals surface area (Å²) in [6.07, 6.45) is 0. The van der Waals surface area contributed by atoms with E-state index in [9.17, 15) is 4.79 Å². The van der Waals surface area contributed by atoms with E-state index in [-0.39, 0.29) is 5.69 Å². The minimum absolute atomic E-state index is 0.0268. The van der Waals surface area contributed by atoms with E-state index in [4.69, 9.17) is 9.97 Å². The van der Waals surface area contributed by atoms with Gasteiger partial charge in [-0.3, -0.25) is 9.13 Å². The average Bonchev–Trinajstić information content (AvgIpc) is 3.31. The number of fused-ring (bicyclic) bond motifs is 4. The highest BCUT2D eigenvalue weighted by Crippen LogP contribution is 2.33. The lowest BCUT2D eigenvalue weighted by atomic mass is 9.98. The standard InChI is InChI=1S/C39H28N4O/c1-42-36-21-19-29(23-37(36)43(2)39(42)44)25-12-15-27(16-13-25)34-24-35(41-38(40-34)28-9-4-3-5-10-28)31-18-20-33-30(22-31)17-14-26-8-6-7-11-32(26)33/h3-24H,1-2H3. The summed E-state index contributed by atoms with van der Waals surface area (Å²) in [6, 6.07) is 46.2. The van der Waals surface area contributed by atoms with Gasteiger partial charge in [0, 0.05) is 30.8 Å². The maximum atomic E-state index is 12.4. The van der Waals surface area contributed by atoms with E-state index in [1.54, 1.807) is 16.2 Å². The van der Waals surface area contributed by atoms with E-state index < -0.39 is 0 Å². The number of nitrogens with zero attached hydrogens (tertiary/aromatic N) is 4. The van der Waals surface area contributed by atoms with Crippen LogP contribution in [0.25, 0.3) is 77.6 Å². The Bertz CT molecular complexity index is 2420. The van der Waals surface area contributed by atoms with Gasteiger partial charge in [-0.05, 0) is 56.9 Å². The predicted octanol–water partition coefficient (Wildman–Crippen LogP) is 8.64. The first-order valence-corrected chi connectivity index (χ1v) is 14.7. The second-order valence-electron chi connectivity index (χ2n) is 11.2. The van der Waals surface area contributed by atoms with Gasteiger partial charge < -0.3 is 0 Å². The Morgan fingerprint density at radius 2 is 1.07 bits per heavy atom. The summed E-state index contributed by atoms with van der Waals surface area (Å²) in [7, 11) is 3.62. The number of aromatic nitrogens is 4. The maximum absolute atomic E-state index is 12.4. The second-order valence-corrected chi connectivity index (χ2v) is 11.2. The van der Waals surface area contributed by atoms with E-state index in [2.05, 4.69) is 97.1 Å². The molecular weight excluding hydrogens is 540 g/mol. The molecule has 5 nitrogen and oxygen atoms in total.